The van der Waals surface area contributed by atoms with Crippen LogP contribution in [-0.2, 0) is 4.74 Å². The molecule has 16 heavy (non-hydrogen) atoms. The number of rotatable bonds is 5. The van der Waals surface area contributed by atoms with E-state index in [1.807, 2.05) is 6.92 Å². The highest BCUT2D eigenvalue weighted by Crippen LogP contribution is 2.13. The van der Waals surface area contributed by atoms with Crippen LogP contribution < -0.4 is 5.32 Å². The number of ether oxygens (including phenoxy) is 1. The van der Waals surface area contributed by atoms with Crippen LogP contribution >= 0.6 is 0 Å². The van der Waals surface area contributed by atoms with Crippen LogP contribution in [0.5, 0.6) is 0 Å². The Bertz CT molecular complexity index is 352. The van der Waals surface area contributed by atoms with E-state index in [-0.39, 0.29) is 5.97 Å². The number of aliphatic hydroxyl groups is 1. The zero-order valence-electron chi connectivity index (χ0n) is 9.56. The minimum atomic E-state index is -0.600. The summed E-state index contributed by atoms with van der Waals surface area (Å²) in [7, 11) is 0. The summed E-state index contributed by atoms with van der Waals surface area (Å²) in [5.74, 6) is -0.350. The van der Waals surface area contributed by atoms with Crippen molar-refractivity contribution in [1.82, 2.24) is 0 Å². The van der Waals surface area contributed by atoms with E-state index in [1.54, 1.807) is 31.2 Å². The van der Waals surface area contributed by atoms with Crippen LogP contribution in [0.1, 0.15) is 30.6 Å². The van der Waals surface area contributed by atoms with Crippen molar-refractivity contribution >= 4 is 11.7 Å². The fourth-order valence-corrected chi connectivity index (χ4v) is 1.24. The highest BCUT2D eigenvalue weighted by Gasteiger charge is 2.07. The second-order valence-corrected chi connectivity index (χ2v) is 3.37. The first-order valence-electron chi connectivity index (χ1n) is 5.39. The third-order valence-corrected chi connectivity index (χ3v) is 2.09. The number of anilines is 1. The van der Waals surface area contributed by atoms with E-state index in [0.29, 0.717) is 24.3 Å². The highest BCUT2D eigenvalue weighted by molar-refractivity contribution is 5.90. The zero-order chi connectivity index (χ0) is 12.0. The molecule has 4 nitrogen and oxygen atoms in total. The molecule has 0 bridgehead atoms. The van der Waals surface area contributed by atoms with Crippen molar-refractivity contribution in [2.24, 2.45) is 0 Å². The van der Waals surface area contributed by atoms with Crippen LogP contribution in [0.4, 0.5) is 5.69 Å². The van der Waals surface area contributed by atoms with Gasteiger partial charge in [0.25, 0.3) is 0 Å². The van der Waals surface area contributed by atoms with Gasteiger partial charge in [-0.15, -0.1) is 0 Å². The Balaban J connectivity index is 2.74. The Kier molecular flexibility index (Phi) is 4.79. The Hall–Kier alpha value is -1.55. The van der Waals surface area contributed by atoms with Crippen LogP contribution in [0.25, 0.3) is 0 Å². The molecule has 0 saturated carbocycles. The minimum absolute atomic E-state index is 0.350. The lowest BCUT2D eigenvalue weighted by Crippen LogP contribution is -2.17. The number of esters is 1. The standard InChI is InChI=1S/C12H17NO3/c1-3-11(14)13-10-7-5-6-9(8-10)12(15)16-4-2/h5-8,11,13-14H,3-4H2,1-2H3. The molecule has 0 aliphatic rings. The summed E-state index contributed by atoms with van der Waals surface area (Å²) in [4.78, 5) is 11.4. The maximum Gasteiger partial charge on any atom is 0.338 e. The lowest BCUT2D eigenvalue weighted by molar-refractivity contribution is 0.0526. The van der Waals surface area contributed by atoms with E-state index >= 15 is 0 Å². The number of carbonyl (C=O) groups is 1. The lowest BCUT2D eigenvalue weighted by Gasteiger charge is -2.12. The van der Waals surface area contributed by atoms with Crippen molar-refractivity contribution in [3.8, 4) is 0 Å². The van der Waals surface area contributed by atoms with Crippen molar-refractivity contribution in [3.05, 3.63) is 29.8 Å². The van der Waals surface area contributed by atoms with Gasteiger partial charge in [-0.2, -0.15) is 0 Å². The van der Waals surface area contributed by atoms with Crippen LogP contribution in [0.2, 0.25) is 0 Å². The van der Waals surface area contributed by atoms with Gasteiger partial charge in [0, 0.05) is 5.69 Å². The number of nitrogens with one attached hydrogen (secondary N) is 1. The maximum absolute atomic E-state index is 11.4. The Labute approximate surface area is 95.2 Å². The molecule has 88 valence electrons. The molecule has 1 rings (SSSR count). The van der Waals surface area contributed by atoms with Gasteiger partial charge >= 0.3 is 5.97 Å². The van der Waals surface area contributed by atoms with Gasteiger partial charge in [-0.05, 0) is 31.5 Å². The first-order chi connectivity index (χ1) is 7.67. The molecule has 0 amide bonds. The molecule has 0 fully saturated rings. The molecular formula is C12H17NO3. The summed E-state index contributed by atoms with van der Waals surface area (Å²) in [6.07, 6.45) is 0.00124. The molecule has 0 aromatic heterocycles. The molecule has 0 aliphatic heterocycles. The van der Waals surface area contributed by atoms with E-state index in [1.165, 1.54) is 0 Å². The second kappa shape index (κ2) is 6.12. The van der Waals surface area contributed by atoms with Gasteiger partial charge in [0.15, 0.2) is 0 Å². The van der Waals surface area contributed by atoms with Crippen molar-refractivity contribution in [2.75, 3.05) is 11.9 Å². The van der Waals surface area contributed by atoms with Crippen molar-refractivity contribution < 1.29 is 14.6 Å². The van der Waals surface area contributed by atoms with E-state index in [9.17, 15) is 9.90 Å². The van der Waals surface area contributed by atoms with E-state index in [0.717, 1.165) is 0 Å². The third-order valence-electron chi connectivity index (χ3n) is 2.09. The average molecular weight is 223 g/mol. The molecular weight excluding hydrogens is 206 g/mol. The normalized spacial score (nSPS) is 11.9. The molecule has 0 saturated heterocycles. The van der Waals surface area contributed by atoms with Crippen LogP contribution in [0.15, 0.2) is 24.3 Å². The molecule has 0 aliphatic carbocycles. The number of benzene rings is 1. The summed E-state index contributed by atoms with van der Waals surface area (Å²) in [5.41, 5.74) is 1.19. The topological polar surface area (TPSA) is 58.6 Å². The summed E-state index contributed by atoms with van der Waals surface area (Å²) >= 11 is 0. The van der Waals surface area contributed by atoms with Gasteiger partial charge in [0.2, 0.25) is 0 Å². The third kappa shape index (κ3) is 3.55. The molecule has 1 unspecified atom stereocenters. The molecule has 1 atom stereocenters. The van der Waals surface area contributed by atoms with Crippen LogP contribution in [-0.4, -0.2) is 23.9 Å². The van der Waals surface area contributed by atoms with E-state index in [4.69, 9.17) is 4.74 Å². The highest BCUT2D eigenvalue weighted by atomic mass is 16.5. The molecule has 0 radical (unpaired) electrons. The van der Waals surface area contributed by atoms with Crippen molar-refractivity contribution in [1.29, 1.82) is 0 Å². The number of carbonyl (C=O) groups excluding carboxylic acids is 1. The summed E-state index contributed by atoms with van der Waals surface area (Å²) < 4.78 is 4.89. The maximum atomic E-state index is 11.4. The van der Waals surface area contributed by atoms with Crippen LogP contribution in [0, 0.1) is 0 Å². The molecule has 4 heteroatoms. The fraction of sp³-hybridized carbons (Fsp3) is 0.417. The number of aliphatic hydroxyl groups excluding tert-OH is 1. The van der Waals surface area contributed by atoms with Gasteiger partial charge in [-0.1, -0.05) is 13.0 Å². The number of hydrogen-bond acceptors (Lipinski definition) is 4. The van der Waals surface area contributed by atoms with Crippen molar-refractivity contribution in [2.45, 2.75) is 26.5 Å². The Morgan fingerprint density at radius 1 is 1.50 bits per heavy atom. The van der Waals surface area contributed by atoms with Gasteiger partial charge in [0.05, 0.1) is 12.2 Å². The fourth-order valence-electron chi connectivity index (χ4n) is 1.24. The minimum Gasteiger partial charge on any atom is -0.462 e. The zero-order valence-corrected chi connectivity index (χ0v) is 9.56. The smallest absolute Gasteiger partial charge is 0.338 e. The molecule has 0 heterocycles. The van der Waals surface area contributed by atoms with Gasteiger partial charge < -0.3 is 15.2 Å². The van der Waals surface area contributed by atoms with Crippen LogP contribution in [0.3, 0.4) is 0 Å². The van der Waals surface area contributed by atoms with E-state index < -0.39 is 6.23 Å². The van der Waals surface area contributed by atoms with Gasteiger partial charge in [-0.25, -0.2) is 4.79 Å². The van der Waals surface area contributed by atoms with Crippen molar-refractivity contribution in [3.63, 3.8) is 0 Å². The molecule has 2 N–H and O–H groups in total. The molecule has 1 aromatic rings. The number of hydrogen-bond donors (Lipinski definition) is 2. The average Bonchev–Trinajstić information content (AvgIpc) is 2.29. The van der Waals surface area contributed by atoms with Gasteiger partial charge in [-0.3, -0.25) is 0 Å². The Morgan fingerprint density at radius 3 is 2.88 bits per heavy atom. The molecule has 1 aromatic carbocycles. The second-order valence-electron chi connectivity index (χ2n) is 3.37. The van der Waals surface area contributed by atoms with Gasteiger partial charge in [0.1, 0.15) is 6.23 Å². The lowest BCUT2D eigenvalue weighted by atomic mass is 10.2. The molecule has 0 spiro atoms. The first kappa shape index (κ1) is 12.5. The summed E-state index contributed by atoms with van der Waals surface area (Å²) in [6, 6.07) is 6.89. The largest absolute Gasteiger partial charge is 0.462 e. The van der Waals surface area contributed by atoms with E-state index in [2.05, 4.69) is 5.32 Å². The Morgan fingerprint density at radius 2 is 2.25 bits per heavy atom. The predicted octanol–water partition coefficient (Wildman–Crippen LogP) is 2.00. The predicted molar refractivity (Wildman–Crippen MR) is 62.3 cm³/mol. The first-order valence-corrected chi connectivity index (χ1v) is 5.39. The monoisotopic (exact) mass is 223 g/mol. The summed E-state index contributed by atoms with van der Waals surface area (Å²) in [6.45, 7) is 3.99. The summed E-state index contributed by atoms with van der Waals surface area (Å²) in [5, 5.41) is 12.3. The quantitative estimate of drug-likeness (QED) is 0.592. The SMILES string of the molecule is CCOC(=O)c1cccc(NC(O)CC)c1.